The maximum absolute atomic E-state index is 10.7. The van der Waals surface area contributed by atoms with Gasteiger partial charge in [0.05, 0.1) is 0 Å². The number of carbonyl (C=O) groups excluding carboxylic acids is 2. The molecule has 17 heavy (non-hydrogen) atoms. The summed E-state index contributed by atoms with van der Waals surface area (Å²) in [5.74, 6) is 1.29. The van der Waals surface area contributed by atoms with Crippen LogP contribution in [0.4, 0.5) is 0 Å². The number of Topliss-reactive ketones (excluding diaryl/α,β-unsaturated/α-hetero) is 1. The summed E-state index contributed by atoms with van der Waals surface area (Å²) in [6, 6.07) is 0. The van der Waals surface area contributed by atoms with Gasteiger partial charge in [-0.05, 0) is 19.8 Å². The monoisotopic (exact) mass is 258 g/mol. The summed E-state index contributed by atoms with van der Waals surface area (Å²) >= 11 is 1.44. The number of ketones is 1. The van der Waals surface area contributed by atoms with Crippen molar-refractivity contribution >= 4 is 22.7 Å². The lowest BCUT2D eigenvalue weighted by Crippen LogP contribution is -1.89. The van der Waals surface area contributed by atoms with Gasteiger partial charge in [-0.25, -0.2) is 0 Å². The van der Waals surface area contributed by atoms with Gasteiger partial charge >= 0.3 is 0 Å². The van der Waals surface area contributed by atoms with Gasteiger partial charge in [0.1, 0.15) is 5.78 Å². The number of thioether (sulfide) groups is 1. The zero-order chi connectivity index (χ0) is 12.9. The molecule has 0 aromatic carbocycles. The highest BCUT2D eigenvalue weighted by Crippen LogP contribution is 2.12. The smallest absolute Gasteiger partial charge is 0.185 e. The van der Waals surface area contributed by atoms with E-state index in [0.717, 1.165) is 25.0 Å². The minimum Gasteiger partial charge on any atom is -0.300 e. The maximum Gasteiger partial charge on any atom is 0.185 e. The third-order valence-corrected chi connectivity index (χ3v) is 3.63. The van der Waals surface area contributed by atoms with E-state index in [1.54, 1.807) is 13.8 Å². The van der Waals surface area contributed by atoms with E-state index in [2.05, 4.69) is 0 Å². The summed E-state index contributed by atoms with van der Waals surface area (Å²) in [4.78, 5) is 21.4. The van der Waals surface area contributed by atoms with E-state index in [1.807, 2.05) is 0 Å². The van der Waals surface area contributed by atoms with Gasteiger partial charge in [-0.3, -0.25) is 4.79 Å². The van der Waals surface area contributed by atoms with Crippen molar-refractivity contribution in [2.45, 2.75) is 71.6 Å². The summed E-state index contributed by atoms with van der Waals surface area (Å²) in [7, 11) is 0. The molecule has 0 aliphatic carbocycles. The third-order valence-electron chi connectivity index (χ3n) is 2.73. The first-order valence-electron chi connectivity index (χ1n) is 6.75. The van der Waals surface area contributed by atoms with Crippen LogP contribution in [0.25, 0.3) is 0 Å². The average molecular weight is 258 g/mol. The lowest BCUT2D eigenvalue weighted by atomic mass is 10.1. The molecule has 2 nitrogen and oxygen atoms in total. The molecule has 0 saturated heterocycles. The van der Waals surface area contributed by atoms with Crippen molar-refractivity contribution in [3.05, 3.63) is 0 Å². The first kappa shape index (κ1) is 16.7. The zero-order valence-corrected chi connectivity index (χ0v) is 12.1. The van der Waals surface area contributed by atoms with Crippen LogP contribution in [0.3, 0.4) is 0 Å². The standard InChI is InChI=1S/C14H26O2S/c1-13(15)11-9-7-5-3-4-6-8-10-12-17-14(2)16/h3-12H2,1-2H3. The van der Waals surface area contributed by atoms with Crippen LogP contribution in [-0.4, -0.2) is 16.7 Å². The zero-order valence-electron chi connectivity index (χ0n) is 11.3. The van der Waals surface area contributed by atoms with Gasteiger partial charge in [0.25, 0.3) is 0 Å². The molecule has 0 bridgehead atoms. The highest BCUT2D eigenvalue weighted by atomic mass is 32.2. The van der Waals surface area contributed by atoms with Crippen molar-refractivity contribution in [2.75, 3.05) is 5.75 Å². The van der Waals surface area contributed by atoms with Gasteiger partial charge in [-0.1, -0.05) is 50.3 Å². The van der Waals surface area contributed by atoms with Crippen LogP contribution in [0, 0.1) is 0 Å². The molecule has 3 heteroatoms. The molecule has 0 spiro atoms. The number of unbranched alkanes of at least 4 members (excludes halogenated alkanes) is 7. The number of rotatable bonds is 11. The van der Waals surface area contributed by atoms with Crippen molar-refractivity contribution in [3.63, 3.8) is 0 Å². The fourth-order valence-corrected chi connectivity index (χ4v) is 2.39. The van der Waals surface area contributed by atoms with Crippen LogP contribution >= 0.6 is 11.8 Å². The van der Waals surface area contributed by atoms with E-state index in [-0.39, 0.29) is 5.12 Å². The van der Waals surface area contributed by atoms with Crippen LogP contribution in [0.2, 0.25) is 0 Å². The lowest BCUT2D eigenvalue weighted by Gasteiger charge is -2.01. The van der Waals surface area contributed by atoms with Crippen LogP contribution in [0.1, 0.15) is 71.6 Å². The number of carbonyl (C=O) groups is 2. The summed E-state index contributed by atoms with van der Waals surface area (Å²) in [6.07, 6.45) is 10.5. The van der Waals surface area contributed by atoms with Gasteiger partial charge < -0.3 is 4.79 Å². The Bertz CT molecular complexity index is 192. The Kier molecular flexibility index (Phi) is 11.9. The highest BCUT2D eigenvalue weighted by Gasteiger charge is 1.96. The molecule has 0 fully saturated rings. The largest absolute Gasteiger partial charge is 0.300 e. The van der Waals surface area contributed by atoms with E-state index in [4.69, 9.17) is 0 Å². The fraction of sp³-hybridized carbons (Fsp3) is 0.857. The molecule has 0 N–H and O–H groups in total. The highest BCUT2D eigenvalue weighted by molar-refractivity contribution is 8.13. The molecular formula is C14H26O2S. The summed E-state index contributed by atoms with van der Waals surface area (Å²) in [5.41, 5.74) is 0. The predicted molar refractivity (Wildman–Crippen MR) is 75.4 cm³/mol. The van der Waals surface area contributed by atoms with Gasteiger partial charge in [-0.15, -0.1) is 0 Å². The topological polar surface area (TPSA) is 34.1 Å². The van der Waals surface area contributed by atoms with E-state index < -0.39 is 0 Å². The minimum absolute atomic E-state index is 0.232. The normalized spacial score (nSPS) is 10.5. The molecule has 0 unspecified atom stereocenters. The maximum atomic E-state index is 10.7. The van der Waals surface area contributed by atoms with Crippen molar-refractivity contribution in [3.8, 4) is 0 Å². The first-order chi connectivity index (χ1) is 8.13. The first-order valence-corrected chi connectivity index (χ1v) is 7.74. The second kappa shape index (κ2) is 12.2. The van der Waals surface area contributed by atoms with Crippen LogP contribution in [-0.2, 0) is 9.59 Å². The van der Waals surface area contributed by atoms with E-state index in [9.17, 15) is 9.59 Å². The molecule has 0 saturated carbocycles. The van der Waals surface area contributed by atoms with Crippen molar-refractivity contribution in [1.82, 2.24) is 0 Å². The molecule has 0 amide bonds. The summed E-state index contributed by atoms with van der Waals surface area (Å²) in [5, 5.41) is 0.232. The predicted octanol–water partition coefficient (Wildman–Crippen LogP) is 4.37. The van der Waals surface area contributed by atoms with Crippen LogP contribution in [0.5, 0.6) is 0 Å². The van der Waals surface area contributed by atoms with Gasteiger partial charge in [0.15, 0.2) is 5.12 Å². The average Bonchev–Trinajstić information content (AvgIpc) is 2.25. The van der Waals surface area contributed by atoms with E-state index >= 15 is 0 Å². The molecule has 0 atom stereocenters. The SMILES string of the molecule is CC(=O)CCCCCCCCCCSC(C)=O. The number of hydrogen-bond acceptors (Lipinski definition) is 3. The Labute approximate surface area is 110 Å². The van der Waals surface area contributed by atoms with Crippen LogP contribution in [0.15, 0.2) is 0 Å². The van der Waals surface area contributed by atoms with Crippen LogP contribution < -0.4 is 0 Å². The summed E-state index contributed by atoms with van der Waals surface area (Å²) in [6.45, 7) is 3.30. The molecule has 0 heterocycles. The molecule has 0 rings (SSSR count). The second-order valence-electron chi connectivity index (χ2n) is 4.62. The molecule has 0 aliphatic rings. The number of hydrogen-bond donors (Lipinski definition) is 0. The lowest BCUT2D eigenvalue weighted by molar-refractivity contribution is -0.117. The van der Waals surface area contributed by atoms with E-state index in [1.165, 1.54) is 50.3 Å². The van der Waals surface area contributed by atoms with Crippen molar-refractivity contribution < 1.29 is 9.59 Å². The Hall–Kier alpha value is -0.310. The molecule has 0 aliphatic heterocycles. The molecule has 0 aromatic heterocycles. The summed E-state index contributed by atoms with van der Waals surface area (Å²) < 4.78 is 0. The van der Waals surface area contributed by atoms with Gasteiger partial charge in [0.2, 0.25) is 0 Å². The Morgan fingerprint density at radius 3 is 1.71 bits per heavy atom. The Morgan fingerprint density at radius 1 is 0.765 bits per heavy atom. The van der Waals surface area contributed by atoms with Crippen molar-refractivity contribution in [1.29, 1.82) is 0 Å². The van der Waals surface area contributed by atoms with E-state index in [0.29, 0.717) is 5.78 Å². The fourth-order valence-electron chi connectivity index (χ4n) is 1.75. The molecule has 100 valence electrons. The molecule has 0 radical (unpaired) electrons. The third kappa shape index (κ3) is 15.7. The Balaban J connectivity index is 2.98. The second-order valence-corrected chi connectivity index (χ2v) is 5.89. The molecular weight excluding hydrogens is 232 g/mol. The quantitative estimate of drug-likeness (QED) is 0.516. The Morgan fingerprint density at radius 2 is 1.24 bits per heavy atom. The van der Waals surface area contributed by atoms with Crippen molar-refractivity contribution in [2.24, 2.45) is 0 Å². The van der Waals surface area contributed by atoms with Gasteiger partial charge in [0, 0.05) is 19.1 Å². The minimum atomic E-state index is 0.232. The van der Waals surface area contributed by atoms with Gasteiger partial charge in [-0.2, -0.15) is 0 Å². The molecule has 0 aromatic rings.